The van der Waals surface area contributed by atoms with Crippen molar-refractivity contribution in [2.24, 2.45) is 0 Å². The molecule has 3 heteroatoms. The molecule has 0 heterocycles. The lowest BCUT2D eigenvalue weighted by Crippen LogP contribution is -2.24. The molecule has 0 amide bonds. The van der Waals surface area contributed by atoms with Gasteiger partial charge < -0.3 is 4.90 Å². The number of hydrogen-bond donors (Lipinski definition) is 0. The molecule has 0 N–H and O–H groups in total. The molecule has 1 aromatic carbocycles. The molecule has 90 valence electrons. The van der Waals surface area contributed by atoms with E-state index in [2.05, 4.69) is 68.8 Å². The highest BCUT2D eigenvalue weighted by Crippen LogP contribution is 2.27. The Morgan fingerprint density at radius 3 is 2.56 bits per heavy atom. The number of halogens is 2. The molecule has 1 rings (SSSR count). The molecular weight excluding hydrogens is 330 g/mol. The molecule has 0 unspecified atom stereocenters. The van der Waals surface area contributed by atoms with Crippen molar-refractivity contribution < 1.29 is 0 Å². The maximum absolute atomic E-state index is 3.56. The number of nitrogens with zero attached hydrogens (tertiary/aromatic N) is 1. The zero-order valence-corrected chi connectivity index (χ0v) is 13.1. The van der Waals surface area contributed by atoms with Crippen molar-refractivity contribution >= 4 is 37.5 Å². The first-order valence-corrected chi connectivity index (χ1v) is 7.73. The second kappa shape index (κ2) is 7.33. The molecule has 0 fully saturated rings. The van der Waals surface area contributed by atoms with Crippen LogP contribution in [0.3, 0.4) is 0 Å². The maximum Gasteiger partial charge on any atom is 0.0418 e. The first kappa shape index (κ1) is 14.0. The van der Waals surface area contributed by atoms with E-state index in [0.717, 1.165) is 22.9 Å². The van der Waals surface area contributed by atoms with E-state index in [-0.39, 0.29) is 0 Å². The molecule has 0 aliphatic carbocycles. The lowest BCUT2D eigenvalue weighted by molar-refractivity contribution is 0.730. The molecule has 0 aromatic heterocycles. The largest absolute Gasteiger partial charge is 0.372 e. The van der Waals surface area contributed by atoms with Gasteiger partial charge in [-0.1, -0.05) is 51.3 Å². The summed E-state index contributed by atoms with van der Waals surface area (Å²) in [6.45, 7) is 6.66. The summed E-state index contributed by atoms with van der Waals surface area (Å²) in [5, 5.41) is 0.915. The van der Waals surface area contributed by atoms with Gasteiger partial charge in [-0.25, -0.2) is 0 Å². The molecule has 0 radical (unpaired) electrons. The molecule has 1 nitrogen and oxygen atoms in total. The van der Waals surface area contributed by atoms with Crippen LogP contribution in [0.5, 0.6) is 0 Å². The molecule has 0 atom stereocenters. The third kappa shape index (κ3) is 3.77. The molecular formula is C13H19Br2N. The van der Waals surface area contributed by atoms with Crippen LogP contribution in [0.2, 0.25) is 0 Å². The summed E-state index contributed by atoms with van der Waals surface area (Å²) in [5.41, 5.74) is 2.71. The molecule has 0 saturated carbocycles. The van der Waals surface area contributed by atoms with Gasteiger partial charge in [-0.2, -0.15) is 0 Å². The summed E-state index contributed by atoms with van der Waals surface area (Å²) in [6, 6.07) is 6.51. The Kier molecular flexibility index (Phi) is 6.44. The molecule has 1 aromatic rings. The first-order chi connectivity index (χ1) is 7.72. The van der Waals surface area contributed by atoms with E-state index in [4.69, 9.17) is 0 Å². The van der Waals surface area contributed by atoms with E-state index < -0.39 is 0 Å². The molecule has 0 aliphatic rings. The zero-order chi connectivity index (χ0) is 12.0. The fraction of sp³-hybridized carbons (Fsp3) is 0.538. The highest BCUT2D eigenvalue weighted by atomic mass is 79.9. The summed E-state index contributed by atoms with van der Waals surface area (Å²) >= 11 is 7.11. The topological polar surface area (TPSA) is 3.24 Å². The Morgan fingerprint density at radius 1 is 1.25 bits per heavy atom. The Morgan fingerprint density at radius 2 is 2.00 bits per heavy atom. The van der Waals surface area contributed by atoms with Crippen LogP contribution in [0.1, 0.15) is 32.3 Å². The maximum atomic E-state index is 3.56. The van der Waals surface area contributed by atoms with Crippen LogP contribution in [0, 0.1) is 0 Å². The predicted octanol–water partition coefficient (Wildman–Crippen LogP) is 4.97. The highest BCUT2D eigenvalue weighted by molar-refractivity contribution is 9.10. The first-order valence-electron chi connectivity index (χ1n) is 5.82. The van der Waals surface area contributed by atoms with E-state index >= 15 is 0 Å². The fourth-order valence-corrected chi connectivity index (χ4v) is 2.57. The van der Waals surface area contributed by atoms with Gasteiger partial charge in [0.1, 0.15) is 0 Å². The van der Waals surface area contributed by atoms with Gasteiger partial charge in [-0.05, 0) is 31.0 Å². The molecule has 16 heavy (non-hydrogen) atoms. The number of hydrogen-bond acceptors (Lipinski definition) is 1. The number of anilines is 1. The van der Waals surface area contributed by atoms with Gasteiger partial charge in [0.2, 0.25) is 0 Å². The summed E-state index contributed by atoms with van der Waals surface area (Å²) in [6.07, 6.45) is 2.50. The minimum atomic E-state index is 0.915. The average molecular weight is 349 g/mol. The second-order valence-electron chi connectivity index (χ2n) is 3.84. The standard InChI is InChI=1S/C13H19Br2N/c1-3-5-8-16(4-2)13-9-12(15)7-6-11(13)10-14/h6-7,9H,3-5,8,10H2,1-2H3. The van der Waals surface area contributed by atoms with Crippen LogP contribution < -0.4 is 4.90 Å². The third-order valence-corrected chi connectivity index (χ3v) is 3.79. The molecule has 0 saturated heterocycles. The SMILES string of the molecule is CCCCN(CC)c1cc(Br)ccc1CBr. The van der Waals surface area contributed by atoms with Crippen molar-refractivity contribution in [3.8, 4) is 0 Å². The van der Waals surface area contributed by atoms with Crippen LogP contribution in [0.15, 0.2) is 22.7 Å². The summed E-state index contributed by atoms with van der Waals surface area (Å²) < 4.78 is 1.15. The van der Waals surface area contributed by atoms with Crippen LogP contribution in [0.4, 0.5) is 5.69 Å². The smallest absolute Gasteiger partial charge is 0.0418 e. The van der Waals surface area contributed by atoms with Gasteiger partial charge in [0.25, 0.3) is 0 Å². The fourth-order valence-electron chi connectivity index (χ4n) is 1.74. The van der Waals surface area contributed by atoms with Gasteiger partial charge in [0, 0.05) is 28.6 Å². The van der Waals surface area contributed by atoms with Crippen molar-refractivity contribution in [3.05, 3.63) is 28.2 Å². The minimum absolute atomic E-state index is 0.915. The van der Waals surface area contributed by atoms with Crippen molar-refractivity contribution in [2.75, 3.05) is 18.0 Å². The van der Waals surface area contributed by atoms with E-state index in [1.54, 1.807) is 0 Å². The van der Waals surface area contributed by atoms with Crippen molar-refractivity contribution in [1.82, 2.24) is 0 Å². The molecule has 0 aliphatic heterocycles. The van der Waals surface area contributed by atoms with Gasteiger partial charge in [-0.15, -0.1) is 0 Å². The zero-order valence-electron chi connectivity index (χ0n) is 9.97. The van der Waals surface area contributed by atoms with Gasteiger partial charge in [0.15, 0.2) is 0 Å². The molecule has 0 spiro atoms. The van der Waals surface area contributed by atoms with Crippen LogP contribution in [-0.2, 0) is 5.33 Å². The Labute approximate surface area is 115 Å². The highest BCUT2D eigenvalue weighted by Gasteiger charge is 2.09. The van der Waals surface area contributed by atoms with Crippen LogP contribution >= 0.6 is 31.9 Å². The number of unbranched alkanes of at least 4 members (excludes halogenated alkanes) is 1. The Bertz CT molecular complexity index is 326. The third-order valence-electron chi connectivity index (χ3n) is 2.70. The number of rotatable bonds is 6. The summed E-state index contributed by atoms with van der Waals surface area (Å²) in [4.78, 5) is 2.45. The Hall–Kier alpha value is -0.0200. The lowest BCUT2D eigenvalue weighted by atomic mass is 10.1. The average Bonchev–Trinajstić information content (AvgIpc) is 2.30. The number of benzene rings is 1. The van der Waals surface area contributed by atoms with Crippen molar-refractivity contribution in [1.29, 1.82) is 0 Å². The summed E-state index contributed by atoms with van der Waals surface area (Å²) in [5.74, 6) is 0. The summed E-state index contributed by atoms with van der Waals surface area (Å²) in [7, 11) is 0. The lowest BCUT2D eigenvalue weighted by Gasteiger charge is -2.25. The van der Waals surface area contributed by atoms with Gasteiger partial charge in [0.05, 0.1) is 0 Å². The van der Waals surface area contributed by atoms with Gasteiger partial charge >= 0.3 is 0 Å². The van der Waals surface area contributed by atoms with Crippen molar-refractivity contribution in [2.45, 2.75) is 32.0 Å². The number of alkyl halides is 1. The predicted molar refractivity (Wildman–Crippen MR) is 79.6 cm³/mol. The normalized spacial score (nSPS) is 10.5. The van der Waals surface area contributed by atoms with E-state index in [9.17, 15) is 0 Å². The van der Waals surface area contributed by atoms with Crippen LogP contribution in [0.25, 0.3) is 0 Å². The van der Waals surface area contributed by atoms with E-state index in [1.165, 1.54) is 24.1 Å². The van der Waals surface area contributed by atoms with Gasteiger partial charge in [-0.3, -0.25) is 0 Å². The Balaban J connectivity index is 2.92. The monoisotopic (exact) mass is 347 g/mol. The second-order valence-corrected chi connectivity index (χ2v) is 5.32. The van der Waals surface area contributed by atoms with E-state index in [0.29, 0.717) is 0 Å². The quantitative estimate of drug-likeness (QED) is 0.656. The van der Waals surface area contributed by atoms with E-state index in [1.807, 2.05) is 0 Å². The molecule has 0 bridgehead atoms. The minimum Gasteiger partial charge on any atom is -0.372 e. The van der Waals surface area contributed by atoms with Crippen LogP contribution in [-0.4, -0.2) is 13.1 Å². The van der Waals surface area contributed by atoms with Crippen molar-refractivity contribution in [3.63, 3.8) is 0 Å².